The highest BCUT2D eigenvalue weighted by molar-refractivity contribution is 6.00. The monoisotopic (exact) mass is 327 g/mol. The van der Waals surface area contributed by atoms with Crippen molar-refractivity contribution in [3.05, 3.63) is 83.7 Å². The first-order chi connectivity index (χ1) is 12.3. The van der Waals surface area contributed by atoms with Crippen molar-refractivity contribution >= 4 is 27.8 Å². The van der Waals surface area contributed by atoms with E-state index in [2.05, 4.69) is 17.1 Å². The van der Waals surface area contributed by atoms with E-state index in [1.807, 2.05) is 54.7 Å². The Morgan fingerprint density at radius 2 is 1.80 bits per heavy atom. The molecule has 0 spiro atoms. The Hall–Kier alpha value is -3.20. The molecule has 0 saturated carbocycles. The third-order valence-corrected chi connectivity index (χ3v) is 4.59. The van der Waals surface area contributed by atoms with Gasteiger partial charge in [0.1, 0.15) is 5.75 Å². The van der Waals surface area contributed by atoms with Crippen molar-refractivity contribution < 1.29 is 9.53 Å². The fourth-order valence-electron chi connectivity index (χ4n) is 3.31. The van der Waals surface area contributed by atoms with Crippen LogP contribution in [0.5, 0.6) is 5.75 Å². The van der Waals surface area contributed by atoms with Gasteiger partial charge in [-0.25, -0.2) is 0 Å². The zero-order valence-corrected chi connectivity index (χ0v) is 13.9. The number of benzene rings is 3. The summed E-state index contributed by atoms with van der Waals surface area (Å²) in [5.74, 6) is 0.838. The molecule has 0 N–H and O–H groups in total. The van der Waals surface area contributed by atoms with Crippen molar-refractivity contribution in [3.8, 4) is 5.75 Å². The summed E-state index contributed by atoms with van der Waals surface area (Å²) in [6.07, 6.45) is 3.46. The SMILES string of the molecule is COc1ccc2c(Cc3ccc(C=O)c4ccccc34)nccc2c1. The van der Waals surface area contributed by atoms with Crippen LogP contribution in [-0.4, -0.2) is 18.4 Å². The van der Waals surface area contributed by atoms with E-state index in [0.717, 1.165) is 50.4 Å². The second-order valence-electron chi connectivity index (χ2n) is 6.00. The van der Waals surface area contributed by atoms with Gasteiger partial charge in [-0.15, -0.1) is 0 Å². The van der Waals surface area contributed by atoms with Gasteiger partial charge in [0.15, 0.2) is 6.29 Å². The summed E-state index contributed by atoms with van der Waals surface area (Å²) in [6.45, 7) is 0. The van der Waals surface area contributed by atoms with Gasteiger partial charge in [0, 0.05) is 23.6 Å². The van der Waals surface area contributed by atoms with Gasteiger partial charge in [0.25, 0.3) is 0 Å². The molecular weight excluding hydrogens is 310 g/mol. The molecule has 0 radical (unpaired) electrons. The number of rotatable bonds is 4. The van der Waals surface area contributed by atoms with Crippen LogP contribution in [0.4, 0.5) is 0 Å². The zero-order valence-electron chi connectivity index (χ0n) is 13.9. The fourth-order valence-corrected chi connectivity index (χ4v) is 3.31. The smallest absolute Gasteiger partial charge is 0.150 e. The molecule has 3 aromatic carbocycles. The lowest BCUT2D eigenvalue weighted by Crippen LogP contribution is -1.96. The minimum Gasteiger partial charge on any atom is -0.497 e. The van der Waals surface area contributed by atoms with Crippen LogP contribution in [0.25, 0.3) is 21.5 Å². The standard InChI is InChI=1S/C22H17NO2/c1-25-18-8-9-21-16(12-18)10-11-23-22(21)13-15-6-7-17(14-24)20-5-3-2-4-19(15)20/h2-12,14H,13H2,1H3. The molecule has 0 atom stereocenters. The topological polar surface area (TPSA) is 39.2 Å². The van der Waals surface area contributed by atoms with Gasteiger partial charge in [0.2, 0.25) is 0 Å². The van der Waals surface area contributed by atoms with Crippen molar-refractivity contribution in [1.29, 1.82) is 0 Å². The number of aldehydes is 1. The zero-order chi connectivity index (χ0) is 17.2. The number of fused-ring (bicyclic) bond motifs is 2. The molecule has 4 aromatic rings. The van der Waals surface area contributed by atoms with E-state index < -0.39 is 0 Å². The lowest BCUT2D eigenvalue weighted by atomic mass is 9.96. The molecule has 122 valence electrons. The molecule has 1 aromatic heterocycles. The number of hydrogen-bond acceptors (Lipinski definition) is 3. The summed E-state index contributed by atoms with van der Waals surface area (Å²) >= 11 is 0. The summed E-state index contributed by atoms with van der Waals surface area (Å²) in [7, 11) is 1.67. The molecule has 0 bridgehead atoms. The van der Waals surface area contributed by atoms with Crippen molar-refractivity contribution in [2.45, 2.75) is 6.42 Å². The fraction of sp³-hybridized carbons (Fsp3) is 0.0909. The first-order valence-corrected chi connectivity index (χ1v) is 8.17. The van der Waals surface area contributed by atoms with Gasteiger partial charge >= 0.3 is 0 Å². The van der Waals surface area contributed by atoms with E-state index in [1.54, 1.807) is 7.11 Å². The van der Waals surface area contributed by atoms with Crippen LogP contribution in [0.1, 0.15) is 21.6 Å². The third kappa shape index (κ3) is 2.74. The van der Waals surface area contributed by atoms with E-state index in [1.165, 1.54) is 0 Å². The van der Waals surface area contributed by atoms with Crippen molar-refractivity contribution in [2.24, 2.45) is 0 Å². The van der Waals surface area contributed by atoms with Crippen LogP contribution in [-0.2, 0) is 6.42 Å². The van der Waals surface area contributed by atoms with E-state index in [9.17, 15) is 4.79 Å². The maximum absolute atomic E-state index is 11.3. The van der Waals surface area contributed by atoms with Crippen LogP contribution >= 0.6 is 0 Å². The number of hydrogen-bond donors (Lipinski definition) is 0. The number of carbonyl (C=O) groups is 1. The summed E-state index contributed by atoms with van der Waals surface area (Å²) < 4.78 is 5.31. The van der Waals surface area contributed by atoms with E-state index in [0.29, 0.717) is 6.42 Å². The molecule has 0 amide bonds. The minimum atomic E-state index is 0.712. The van der Waals surface area contributed by atoms with Gasteiger partial charge in [-0.05, 0) is 46.0 Å². The Kier molecular flexibility index (Phi) is 3.90. The molecule has 0 unspecified atom stereocenters. The molecule has 0 aliphatic carbocycles. The van der Waals surface area contributed by atoms with Crippen LogP contribution in [0.15, 0.2) is 66.9 Å². The van der Waals surface area contributed by atoms with Crippen LogP contribution in [0.3, 0.4) is 0 Å². The molecule has 4 rings (SSSR count). The summed E-state index contributed by atoms with van der Waals surface area (Å²) in [5.41, 5.74) is 2.90. The molecule has 25 heavy (non-hydrogen) atoms. The molecule has 0 aliphatic rings. The number of aromatic nitrogens is 1. The molecule has 0 aliphatic heterocycles. The van der Waals surface area contributed by atoms with Gasteiger partial charge in [-0.1, -0.05) is 36.4 Å². The highest BCUT2D eigenvalue weighted by atomic mass is 16.5. The second-order valence-corrected chi connectivity index (χ2v) is 6.00. The molecular formula is C22H17NO2. The quantitative estimate of drug-likeness (QED) is 0.505. The van der Waals surface area contributed by atoms with Crippen molar-refractivity contribution in [2.75, 3.05) is 7.11 Å². The second kappa shape index (κ2) is 6.36. The normalized spacial score (nSPS) is 10.9. The number of ether oxygens (including phenoxy) is 1. The first kappa shape index (κ1) is 15.3. The molecule has 0 fully saturated rings. The molecule has 1 heterocycles. The van der Waals surface area contributed by atoms with Crippen LogP contribution < -0.4 is 4.74 Å². The first-order valence-electron chi connectivity index (χ1n) is 8.17. The Morgan fingerprint density at radius 3 is 2.60 bits per heavy atom. The third-order valence-electron chi connectivity index (χ3n) is 4.59. The van der Waals surface area contributed by atoms with E-state index >= 15 is 0 Å². The van der Waals surface area contributed by atoms with Crippen LogP contribution in [0, 0.1) is 0 Å². The van der Waals surface area contributed by atoms with Gasteiger partial charge in [-0.2, -0.15) is 0 Å². The Morgan fingerprint density at radius 1 is 0.960 bits per heavy atom. The largest absolute Gasteiger partial charge is 0.497 e. The number of methoxy groups -OCH3 is 1. The average molecular weight is 327 g/mol. The van der Waals surface area contributed by atoms with Crippen molar-refractivity contribution in [1.82, 2.24) is 4.98 Å². The van der Waals surface area contributed by atoms with Gasteiger partial charge in [-0.3, -0.25) is 9.78 Å². The van der Waals surface area contributed by atoms with E-state index in [4.69, 9.17) is 4.74 Å². The molecule has 3 nitrogen and oxygen atoms in total. The number of pyridine rings is 1. The lowest BCUT2D eigenvalue weighted by molar-refractivity contribution is 0.112. The predicted octanol–water partition coefficient (Wildman–Crippen LogP) is 4.80. The maximum atomic E-state index is 11.3. The average Bonchev–Trinajstić information content (AvgIpc) is 2.68. The maximum Gasteiger partial charge on any atom is 0.150 e. The summed E-state index contributed by atoms with van der Waals surface area (Å²) in [4.78, 5) is 15.9. The minimum absolute atomic E-state index is 0.712. The number of nitrogens with zero attached hydrogens (tertiary/aromatic N) is 1. The van der Waals surface area contributed by atoms with Gasteiger partial charge in [0.05, 0.1) is 12.8 Å². The Labute approximate surface area is 145 Å². The molecule has 0 saturated heterocycles. The summed E-state index contributed by atoms with van der Waals surface area (Å²) in [5, 5.41) is 4.31. The molecule has 3 heteroatoms. The highest BCUT2D eigenvalue weighted by Gasteiger charge is 2.09. The van der Waals surface area contributed by atoms with E-state index in [-0.39, 0.29) is 0 Å². The lowest BCUT2D eigenvalue weighted by Gasteiger charge is -2.11. The van der Waals surface area contributed by atoms with Crippen LogP contribution in [0.2, 0.25) is 0 Å². The highest BCUT2D eigenvalue weighted by Crippen LogP contribution is 2.27. The Balaban J connectivity index is 1.85. The van der Waals surface area contributed by atoms with Gasteiger partial charge < -0.3 is 4.74 Å². The summed E-state index contributed by atoms with van der Waals surface area (Å²) in [6, 6.07) is 20.0. The number of carbonyl (C=O) groups excluding carboxylic acids is 1. The van der Waals surface area contributed by atoms with Crippen molar-refractivity contribution in [3.63, 3.8) is 0 Å². The Bertz CT molecular complexity index is 1090. The predicted molar refractivity (Wildman–Crippen MR) is 100 cm³/mol.